The molecule has 0 aliphatic heterocycles. The van der Waals surface area contributed by atoms with Gasteiger partial charge in [-0.25, -0.2) is 4.79 Å². The number of carboxylic acids is 1. The number of halogens is 2. The highest BCUT2D eigenvalue weighted by Gasteiger charge is 2.16. The molecule has 0 aromatic heterocycles. The van der Waals surface area contributed by atoms with Crippen LogP contribution in [0.2, 0.25) is 10.0 Å². The Kier molecular flexibility index (Phi) is 6.10. The second-order valence-electron chi connectivity index (χ2n) is 4.31. The van der Waals surface area contributed by atoms with E-state index in [4.69, 9.17) is 33.0 Å². The number of hydrogen-bond acceptors (Lipinski definition) is 3. The van der Waals surface area contributed by atoms with Gasteiger partial charge in [-0.15, -0.1) is 0 Å². The summed E-state index contributed by atoms with van der Waals surface area (Å²) >= 11 is 11.7. The van der Waals surface area contributed by atoms with Gasteiger partial charge in [-0.2, -0.15) is 0 Å². The summed E-state index contributed by atoms with van der Waals surface area (Å²) < 4.78 is 5.37. The van der Waals surface area contributed by atoms with Gasteiger partial charge in [0.2, 0.25) is 5.91 Å². The van der Waals surface area contributed by atoms with Gasteiger partial charge >= 0.3 is 5.97 Å². The van der Waals surface area contributed by atoms with E-state index in [1.165, 1.54) is 17.0 Å². The third-order valence-corrected chi connectivity index (χ3v) is 3.02. The number of carbonyl (C=O) groups excluding carboxylic acids is 1. The highest BCUT2D eigenvalue weighted by Crippen LogP contribution is 2.32. The SMILES string of the molecule is CN(C)C(=O)CCCOc1c(Cl)cc(Cl)cc1C(=O)O. The number of ether oxygens (including phenoxy) is 1. The molecule has 0 atom stereocenters. The molecule has 110 valence electrons. The molecule has 1 aromatic carbocycles. The molecule has 1 rings (SSSR count). The minimum absolute atomic E-state index is 0.0192. The molecule has 0 unspecified atom stereocenters. The summed E-state index contributed by atoms with van der Waals surface area (Å²) in [7, 11) is 3.34. The van der Waals surface area contributed by atoms with E-state index >= 15 is 0 Å². The molecule has 5 nitrogen and oxygen atoms in total. The average Bonchev–Trinajstić information content (AvgIpc) is 2.35. The van der Waals surface area contributed by atoms with Crippen LogP contribution in [-0.4, -0.2) is 42.6 Å². The second kappa shape index (κ2) is 7.36. The molecule has 1 aromatic rings. The molecule has 1 N–H and O–H groups in total. The minimum atomic E-state index is -1.17. The van der Waals surface area contributed by atoms with Gasteiger partial charge in [-0.3, -0.25) is 4.79 Å². The topological polar surface area (TPSA) is 66.8 Å². The lowest BCUT2D eigenvalue weighted by Gasteiger charge is -2.13. The van der Waals surface area contributed by atoms with E-state index in [1.807, 2.05) is 0 Å². The van der Waals surface area contributed by atoms with E-state index in [-0.39, 0.29) is 33.9 Å². The number of nitrogens with zero attached hydrogens (tertiary/aromatic N) is 1. The van der Waals surface area contributed by atoms with Crippen molar-refractivity contribution in [3.8, 4) is 5.75 Å². The van der Waals surface area contributed by atoms with Gasteiger partial charge in [0.15, 0.2) is 5.75 Å². The largest absolute Gasteiger partial charge is 0.491 e. The zero-order chi connectivity index (χ0) is 15.3. The Bertz CT molecular complexity index is 517. The zero-order valence-corrected chi connectivity index (χ0v) is 12.7. The molecule has 0 radical (unpaired) electrons. The number of amides is 1. The molecule has 0 aliphatic carbocycles. The normalized spacial score (nSPS) is 10.2. The van der Waals surface area contributed by atoms with Crippen molar-refractivity contribution in [3.05, 3.63) is 27.7 Å². The van der Waals surface area contributed by atoms with Crippen LogP contribution in [0.5, 0.6) is 5.75 Å². The highest BCUT2D eigenvalue weighted by atomic mass is 35.5. The van der Waals surface area contributed by atoms with E-state index in [0.717, 1.165) is 0 Å². The Morgan fingerprint density at radius 2 is 1.95 bits per heavy atom. The molecule has 0 heterocycles. The lowest BCUT2D eigenvalue weighted by atomic mass is 10.2. The third-order valence-electron chi connectivity index (χ3n) is 2.52. The molecule has 20 heavy (non-hydrogen) atoms. The number of carbonyl (C=O) groups is 2. The van der Waals surface area contributed by atoms with Crippen LogP contribution >= 0.6 is 23.2 Å². The molecule has 1 amide bonds. The molecule has 0 saturated carbocycles. The van der Waals surface area contributed by atoms with E-state index in [1.54, 1.807) is 14.1 Å². The standard InChI is InChI=1S/C13H15Cl2NO4/c1-16(2)11(17)4-3-5-20-12-9(13(18)19)6-8(14)7-10(12)15/h6-7H,3-5H2,1-2H3,(H,18,19). The predicted octanol–water partition coefficient (Wildman–Crippen LogP) is 2.94. The molecule has 0 spiro atoms. The predicted molar refractivity (Wildman–Crippen MR) is 76.8 cm³/mol. The van der Waals surface area contributed by atoms with Crippen molar-refractivity contribution in [3.63, 3.8) is 0 Å². The van der Waals surface area contributed by atoms with Crippen molar-refractivity contribution in [2.75, 3.05) is 20.7 Å². The third kappa shape index (κ3) is 4.58. The van der Waals surface area contributed by atoms with Crippen molar-refractivity contribution in [1.82, 2.24) is 4.90 Å². The Balaban J connectivity index is 2.68. The van der Waals surface area contributed by atoms with Crippen molar-refractivity contribution < 1.29 is 19.4 Å². The highest BCUT2D eigenvalue weighted by molar-refractivity contribution is 6.36. The quantitative estimate of drug-likeness (QED) is 0.819. The number of aromatic carboxylic acids is 1. The van der Waals surface area contributed by atoms with Crippen LogP contribution in [0.3, 0.4) is 0 Å². The molecule has 0 fully saturated rings. The van der Waals surface area contributed by atoms with Gasteiger partial charge in [0.1, 0.15) is 5.56 Å². The Morgan fingerprint density at radius 1 is 1.30 bits per heavy atom. The van der Waals surface area contributed by atoms with Crippen LogP contribution in [0.25, 0.3) is 0 Å². The maximum Gasteiger partial charge on any atom is 0.339 e. The zero-order valence-electron chi connectivity index (χ0n) is 11.2. The fourth-order valence-corrected chi connectivity index (χ4v) is 2.04. The van der Waals surface area contributed by atoms with E-state index in [0.29, 0.717) is 12.8 Å². The number of benzene rings is 1. The summed E-state index contributed by atoms with van der Waals surface area (Å²) in [6.07, 6.45) is 0.787. The number of hydrogen-bond donors (Lipinski definition) is 1. The smallest absolute Gasteiger partial charge is 0.339 e. The summed E-state index contributed by atoms with van der Waals surface area (Å²) in [5.74, 6) is -1.12. The van der Waals surface area contributed by atoms with E-state index in [9.17, 15) is 9.59 Å². The molecular formula is C13H15Cl2NO4. The summed E-state index contributed by atoms with van der Waals surface area (Å²) in [6, 6.07) is 2.69. The van der Waals surface area contributed by atoms with Gasteiger partial charge in [-0.05, 0) is 18.6 Å². The monoisotopic (exact) mass is 319 g/mol. The maximum atomic E-state index is 11.4. The lowest BCUT2D eigenvalue weighted by Crippen LogP contribution is -2.21. The van der Waals surface area contributed by atoms with Crippen LogP contribution in [0.4, 0.5) is 0 Å². The second-order valence-corrected chi connectivity index (χ2v) is 5.15. The van der Waals surface area contributed by atoms with Crippen molar-refractivity contribution in [1.29, 1.82) is 0 Å². The molecular weight excluding hydrogens is 305 g/mol. The molecule has 7 heteroatoms. The van der Waals surface area contributed by atoms with Gasteiger partial charge in [0.25, 0.3) is 0 Å². The van der Waals surface area contributed by atoms with Crippen molar-refractivity contribution >= 4 is 35.1 Å². The molecule has 0 bridgehead atoms. The summed E-state index contributed by atoms with van der Waals surface area (Å²) in [5.41, 5.74) is -0.0959. The van der Waals surface area contributed by atoms with Gasteiger partial charge in [0, 0.05) is 25.5 Å². The van der Waals surface area contributed by atoms with E-state index < -0.39 is 5.97 Å². The van der Waals surface area contributed by atoms with Crippen molar-refractivity contribution in [2.24, 2.45) is 0 Å². The molecule has 0 saturated heterocycles. The summed E-state index contributed by atoms with van der Waals surface area (Å²) in [4.78, 5) is 24.0. The van der Waals surface area contributed by atoms with Crippen LogP contribution in [0.15, 0.2) is 12.1 Å². The van der Waals surface area contributed by atoms with E-state index in [2.05, 4.69) is 0 Å². The number of rotatable bonds is 6. The maximum absolute atomic E-state index is 11.4. The van der Waals surface area contributed by atoms with Gasteiger partial charge < -0.3 is 14.7 Å². The average molecular weight is 320 g/mol. The fourth-order valence-electron chi connectivity index (χ4n) is 1.49. The molecule has 0 aliphatic rings. The first-order valence-corrected chi connectivity index (χ1v) is 6.63. The first kappa shape index (κ1) is 16.6. The Hall–Kier alpha value is -1.46. The Morgan fingerprint density at radius 3 is 2.50 bits per heavy atom. The lowest BCUT2D eigenvalue weighted by molar-refractivity contribution is -0.128. The summed E-state index contributed by atoms with van der Waals surface area (Å²) in [6.45, 7) is 0.196. The first-order chi connectivity index (χ1) is 9.32. The summed E-state index contributed by atoms with van der Waals surface area (Å²) in [5, 5.41) is 9.43. The first-order valence-electron chi connectivity index (χ1n) is 5.88. The fraction of sp³-hybridized carbons (Fsp3) is 0.385. The Labute approximate surface area is 127 Å². The van der Waals surface area contributed by atoms with Crippen molar-refractivity contribution in [2.45, 2.75) is 12.8 Å². The van der Waals surface area contributed by atoms with Crippen LogP contribution in [0, 0.1) is 0 Å². The van der Waals surface area contributed by atoms with Crippen LogP contribution < -0.4 is 4.74 Å². The number of carboxylic acid groups (broad SMARTS) is 1. The van der Waals surface area contributed by atoms with Gasteiger partial charge in [0.05, 0.1) is 11.6 Å². The van der Waals surface area contributed by atoms with Crippen LogP contribution in [-0.2, 0) is 4.79 Å². The minimum Gasteiger partial charge on any atom is -0.491 e. The van der Waals surface area contributed by atoms with Crippen LogP contribution in [0.1, 0.15) is 23.2 Å². The van der Waals surface area contributed by atoms with Gasteiger partial charge in [-0.1, -0.05) is 23.2 Å².